The minimum absolute atomic E-state index is 0.165. The zero-order chi connectivity index (χ0) is 15.6. The third-order valence-corrected chi connectivity index (χ3v) is 4.38. The predicted molar refractivity (Wildman–Crippen MR) is 83.9 cm³/mol. The van der Waals surface area contributed by atoms with Crippen LogP contribution in [0.25, 0.3) is 0 Å². The second kappa shape index (κ2) is 6.83. The maximum Gasteiger partial charge on any atom is 0.145 e. The number of nitrogens with one attached hydrogen (secondary N) is 1. The third kappa shape index (κ3) is 3.26. The molecule has 0 amide bonds. The highest BCUT2D eigenvalue weighted by Gasteiger charge is 2.24. The number of methoxy groups -OCH3 is 1. The SMILES string of the molecule is COc1ccc(Br)c(C(NN)c2c(F)ccc(Br)c2F)c1. The molecule has 0 bridgehead atoms. The molecule has 2 aromatic carbocycles. The molecule has 0 fully saturated rings. The second-order valence-electron chi connectivity index (χ2n) is 4.24. The summed E-state index contributed by atoms with van der Waals surface area (Å²) in [7, 11) is 1.51. The molecule has 3 N–H and O–H groups in total. The smallest absolute Gasteiger partial charge is 0.145 e. The van der Waals surface area contributed by atoms with Crippen LogP contribution in [-0.4, -0.2) is 7.11 Å². The zero-order valence-corrected chi connectivity index (χ0v) is 14.1. The Morgan fingerprint density at radius 3 is 2.43 bits per heavy atom. The molecule has 0 saturated heterocycles. The molecule has 0 aliphatic heterocycles. The van der Waals surface area contributed by atoms with Crippen molar-refractivity contribution in [3.05, 3.63) is 62.0 Å². The predicted octanol–water partition coefficient (Wildman–Crippen LogP) is 4.05. The summed E-state index contributed by atoms with van der Waals surface area (Å²) in [4.78, 5) is 0. The van der Waals surface area contributed by atoms with E-state index in [1.807, 2.05) is 0 Å². The quantitative estimate of drug-likeness (QED) is 0.444. The lowest BCUT2D eigenvalue weighted by Gasteiger charge is -2.20. The topological polar surface area (TPSA) is 47.3 Å². The van der Waals surface area contributed by atoms with Crippen LogP contribution in [0.3, 0.4) is 0 Å². The summed E-state index contributed by atoms with van der Waals surface area (Å²) in [5.41, 5.74) is 2.85. The Balaban J connectivity index is 2.63. The molecule has 1 unspecified atom stereocenters. The molecule has 0 saturated carbocycles. The molecule has 3 nitrogen and oxygen atoms in total. The van der Waals surface area contributed by atoms with Gasteiger partial charge in [-0.1, -0.05) is 15.9 Å². The average molecular weight is 422 g/mol. The van der Waals surface area contributed by atoms with Crippen LogP contribution in [0.4, 0.5) is 8.78 Å². The lowest BCUT2D eigenvalue weighted by atomic mass is 9.98. The number of hydrogen-bond donors (Lipinski definition) is 2. The van der Waals surface area contributed by atoms with Gasteiger partial charge in [0.25, 0.3) is 0 Å². The summed E-state index contributed by atoms with van der Waals surface area (Å²) >= 11 is 6.41. The van der Waals surface area contributed by atoms with E-state index in [9.17, 15) is 8.78 Å². The molecule has 0 aromatic heterocycles. The van der Waals surface area contributed by atoms with Crippen LogP contribution in [0.5, 0.6) is 5.75 Å². The summed E-state index contributed by atoms with van der Waals surface area (Å²) in [5, 5.41) is 0. The van der Waals surface area contributed by atoms with Crippen LogP contribution >= 0.6 is 31.9 Å². The highest BCUT2D eigenvalue weighted by Crippen LogP contribution is 2.35. The van der Waals surface area contributed by atoms with Crippen molar-refractivity contribution in [2.75, 3.05) is 7.11 Å². The van der Waals surface area contributed by atoms with Crippen LogP contribution in [0.15, 0.2) is 39.3 Å². The molecule has 0 heterocycles. The molecule has 0 radical (unpaired) electrons. The molecule has 0 spiro atoms. The van der Waals surface area contributed by atoms with Gasteiger partial charge in [-0.3, -0.25) is 5.84 Å². The summed E-state index contributed by atoms with van der Waals surface area (Å²) in [5.74, 6) is 4.70. The van der Waals surface area contributed by atoms with Crippen molar-refractivity contribution in [1.82, 2.24) is 5.43 Å². The second-order valence-corrected chi connectivity index (χ2v) is 5.95. The van der Waals surface area contributed by atoms with Gasteiger partial charge in [0, 0.05) is 10.0 Å². The maximum atomic E-state index is 14.3. The van der Waals surface area contributed by atoms with Gasteiger partial charge >= 0.3 is 0 Å². The van der Waals surface area contributed by atoms with E-state index in [1.54, 1.807) is 18.2 Å². The van der Waals surface area contributed by atoms with Gasteiger partial charge in [0.2, 0.25) is 0 Å². The average Bonchev–Trinajstić information content (AvgIpc) is 2.48. The Morgan fingerprint density at radius 2 is 1.81 bits per heavy atom. The number of rotatable bonds is 4. The Labute approximate surface area is 137 Å². The monoisotopic (exact) mass is 420 g/mol. The van der Waals surface area contributed by atoms with Crippen molar-refractivity contribution < 1.29 is 13.5 Å². The zero-order valence-electron chi connectivity index (χ0n) is 11.0. The first-order valence-electron chi connectivity index (χ1n) is 5.92. The third-order valence-electron chi connectivity index (χ3n) is 3.05. The van der Waals surface area contributed by atoms with Crippen molar-refractivity contribution in [3.63, 3.8) is 0 Å². The van der Waals surface area contributed by atoms with Crippen molar-refractivity contribution in [1.29, 1.82) is 0 Å². The molecule has 2 rings (SSSR count). The minimum Gasteiger partial charge on any atom is -0.497 e. The van der Waals surface area contributed by atoms with E-state index in [0.29, 0.717) is 15.8 Å². The van der Waals surface area contributed by atoms with Crippen molar-refractivity contribution in [2.45, 2.75) is 6.04 Å². The van der Waals surface area contributed by atoms with Crippen LogP contribution in [-0.2, 0) is 0 Å². The molecular weight excluding hydrogens is 410 g/mol. The fourth-order valence-corrected chi connectivity index (χ4v) is 2.83. The van der Waals surface area contributed by atoms with Crippen LogP contribution in [0.2, 0.25) is 0 Å². The van der Waals surface area contributed by atoms with Gasteiger partial charge in [0.05, 0.1) is 17.6 Å². The first-order valence-corrected chi connectivity index (χ1v) is 7.51. The Morgan fingerprint density at radius 1 is 1.14 bits per heavy atom. The maximum absolute atomic E-state index is 14.3. The molecule has 2 aromatic rings. The van der Waals surface area contributed by atoms with E-state index in [0.717, 1.165) is 0 Å². The van der Waals surface area contributed by atoms with Gasteiger partial charge in [0.1, 0.15) is 17.4 Å². The van der Waals surface area contributed by atoms with Gasteiger partial charge in [-0.05, 0) is 51.8 Å². The molecule has 7 heteroatoms. The van der Waals surface area contributed by atoms with Crippen molar-refractivity contribution >= 4 is 31.9 Å². The van der Waals surface area contributed by atoms with Crippen molar-refractivity contribution in [2.24, 2.45) is 5.84 Å². The number of benzene rings is 2. The van der Waals surface area contributed by atoms with Crippen LogP contribution < -0.4 is 16.0 Å². The Kier molecular flexibility index (Phi) is 5.32. The highest BCUT2D eigenvalue weighted by molar-refractivity contribution is 9.10. The van der Waals surface area contributed by atoms with Gasteiger partial charge in [-0.2, -0.15) is 0 Å². The van der Waals surface area contributed by atoms with E-state index in [-0.39, 0.29) is 10.0 Å². The van der Waals surface area contributed by atoms with Gasteiger partial charge in [-0.25, -0.2) is 14.2 Å². The molecule has 0 aliphatic carbocycles. The molecular formula is C14H12Br2F2N2O. The number of nitrogens with two attached hydrogens (primary N) is 1. The van der Waals surface area contributed by atoms with Gasteiger partial charge in [-0.15, -0.1) is 0 Å². The number of halogens is 4. The first-order chi connectivity index (χ1) is 9.99. The standard InChI is InChI=1S/C14H12Br2F2N2O/c1-21-7-2-3-9(15)8(6-7)14(20-19)12-11(17)5-4-10(16)13(12)18/h2-6,14,20H,19H2,1H3. The van der Waals surface area contributed by atoms with Gasteiger partial charge in [0.15, 0.2) is 0 Å². The number of hydrogen-bond acceptors (Lipinski definition) is 3. The van der Waals surface area contributed by atoms with Gasteiger partial charge < -0.3 is 4.74 Å². The Bertz CT molecular complexity index is 668. The summed E-state index contributed by atoms with van der Waals surface area (Å²) in [6, 6.07) is 6.74. The summed E-state index contributed by atoms with van der Waals surface area (Å²) in [6.07, 6.45) is 0. The van der Waals surface area contributed by atoms with E-state index in [1.165, 1.54) is 19.2 Å². The number of hydrazine groups is 1. The normalized spacial score (nSPS) is 12.3. The van der Waals surface area contributed by atoms with E-state index >= 15 is 0 Å². The number of ether oxygens (including phenoxy) is 1. The van der Waals surface area contributed by atoms with Crippen LogP contribution in [0.1, 0.15) is 17.2 Å². The van der Waals surface area contributed by atoms with Crippen molar-refractivity contribution in [3.8, 4) is 5.75 Å². The lowest BCUT2D eigenvalue weighted by Crippen LogP contribution is -2.30. The fraction of sp³-hybridized carbons (Fsp3) is 0.143. The first kappa shape index (κ1) is 16.4. The highest BCUT2D eigenvalue weighted by atomic mass is 79.9. The lowest BCUT2D eigenvalue weighted by molar-refractivity contribution is 0.413. The molecule has 21 heavy (non-hydrogen) atoms. The summed E-state index contributed by atoms with van der Waals surface area (Å²) in [6.45, 7) is 0. The van der Waals surface area contributed by atoms with E-state index in [2.05, 4.69) is 37.3 Å². The van der Waals surface area contributed by atoms with E-state index < -0.39 is 17.7 Å². The fourth-order valence-electron chi connectivity index (χ4n) is 2.01. The largest absolute Gasteiger partial charge is 0.497 e. The Hall–Kier alpha value is -1.02. The minimum atomic E-state index is -0.869. The molecule has 1 atom stereocenters. The molecule has 0 aliphatic rings. The van der Waals surface area contributed by atoms with Crippen LogP contribution in [0, 0.1) is 11.6 Å². The molecule has 112 valence electrons. The summed E-state index contributed by atoms with van der Waals surface area (Å²) < 4.78 is 34.3. The van der Waals surface area contributed by atoms with E-state index in [4.69, 9.17) is 10.6 Å².